The zero-order chi connectivity index (χ0) is 13.1. The molecule has 5 heteroatoms. The van der Waals surface area contributed by atoms with Gasteiger partial charge in [-0.25, -0.2) is 4.68 Å². The Bertz CT molecular complexity index is 501. The van der Waals surface area contributed by atoms with E-state index in [1.807, 2.05) is 24.7 Å². The Balaban J connectivity index is 2.25. The Kier molecular flexibility index (Phi) is 3.60. The van der Waals surface area contributed by atoms with Crippen LogP contribution in [0.4, 0.5) is 11.5 Å². The number of furan rings is 1. The van der Waals surface area contributed by atoms with Crippen molar-refractivity contribution in [3.05, 3.63) is 29.9 Å². The van der Waals surface area contributed by atoms with Crippen molar-refractivity contribution < 1.29 is 4.42 Å². The maximum absolute atomic E-state index is 6.12. The number of nitrogens with two attached hydrogens (primary N) is 1. The SMILES string of the molecule is CCCn1nc(C)c(N)c1N(C)Cc1ccoc1. The molecule has 98 valence electrons. The van der Waals surface area contributed by atoms with Crippen LogP contribution in [0.5, 0.6) is 0 Å². The molecule has 0 radical (unpaired) electrons. The summed E-state index contributed by atoms with van der Waals surface area (Å²) < 4.78 is 7.06. The molecule has 0 aliphatic heterocycles. The van der Waals surface area contributed by atoms with Crippen LogP contribution in [0, 0.1) is 6.92 Å². The molecule has 0 atom stereocenters. The van der Waals surface area contributed by atoms with Crippen LogP contribution in [-0.4, -0.2) is 16.8 Å². The number of rotatable bonds is 5. The predicted molar refractivity (Wildman–Crippen MR) is 72.5 cm³/mol. The number of hydrogen-bond acceptors (Lipinski definition) is 4. The minimum Gasteiger partial charge on any atom is -0.472 e. The quantitative estimate of drug-likeness (QED) is 0.882. The minimum absolute atomic E-state index is 0.759. The largest absolute Gasteiger partial charge is 0.472 e. The number of nitrogen functional groups attached to an aromatic ring is 1. The molecule has 0 saturated heterocycles. The van der Waals surface area contributed by atoms with Crippen molar-refractivity contribution in [2.75, 3.05) is 17.7 Å². The van der Waals surface area contributed by atoms with Gasteiger partial charge in [-0.3, -0.25) is 0 Å². The van der Waals surface area contributed by atoms with E-state index in [1.54, 1.807) is 12.5 Å². The van der Waals surface area contributed by atoms with Gasteiger partial charge in [0.25, 0.3) is 0 Å². The lowest BCUT2D eigenvalue weighted by Crippen LogP contribution is -2.21. The standard InChI is InChI=1S/C13H20N4O/c1-4-6-17-13(12(14)10(2)15-17)16(3)8-11-5-7-18-9-11/h5,7,9H,4,6,8,14H2,1-3H3. The first kappa shape index (κ1) is 12.5. The van der Waals surface area contributed by atoms with Crippen molar-refractivity contribution in [1.29, 1.82) is 0 Å². The molecule has 0 bridgehead atoms. The van der Waals surface area contributed by atoms with E-state index < -0.39 is 0 Å². The van der Waals surface area contributed by atoms with E-state index in [-0.39, 0.29) is 0 Å². The summed E-state index contributed by atoms with van der Waals surface area (Å²) in [5.74, 6) is 0.982. The predicted octanol–water partition coefficient (Wildman–Crippen LogP) is 2.41. The summed E-state index contributed by atoms with van der Waals surface area (Å²) in [5, 5.41) is 4.48. The van der Waals surface area contributed by atoms with Gasteiger partial charge in [0, 0.05) is 25.7 Å². The Labute approximate surface area is 107 Å². The van der Waals surface area contributed by atoms with E-state index in [4.69, 9.17) is 10.2 Å². The van der Waals surface area contributed by atoms with Gasteiger partial charge >= 0.3 is 0 Å². The molecule has 2 rings (SSSR count). The molecule has 0 fully saturated rings. The fraction of sp³-hybridized carbons (Fsp3) is 0.462. The van der Waals surface area contributed by atoms with Gasteiger partial charge in [0.1, 0.15) is 0 Å². The van der Waals surface area contributed by atoms with Gasteiger partial charge in [-0.15, -0.1) is 0 Å². The molecule has 2 heterocycles. The number of hydrogen-bond donors (Lipinski definition) is 1. The highest BCUT2D eigenvalue weighted by Gasteiger charge is 2.16. The van der Waals surface area contributed by atoms with Crippen molar-refractivity contribution >= 4 is 11.5 Å². The van der Waals surface area contributed by atoms with E-state index in [0.29, 0.717) is 0 Å². The third-order valence-corrected chi connectivity index (χ3v) is 2.94. The first-order valence-corrected chi connectivity index (χ1v) is 6.18. The fourth-order valence-electron chi connectivity index (χ4n) is 2.08. The highest BCUT2D eigenvalue weighted by atomic mass is 16.3. The maximum atomic E-state index is 6.12. The minimum atomic E-state index is 0.759. The van der Waals surface area contributed by atoms with Crippen LogP contribution in [0.15, 0.2) is 23.0 Å². The second-order valence-corrected chi connectivity index (χ2v) is 4.53. The first-order chi connectivity index (χ1) is 8.63. The van der Waals surface area contributed by atoms with Gasteiger partial charge in [0.2, 0.25) is 0 Å². The van der Waals surface area contributed by atoms with E-state index in [0.717, 1.165) is 42.3 Å². The molecular weight excluding hydrogens is 228 g/mol. The highest BCUT2D eigenvalue weighted by molar-refractivity contribution is 5.65. The van der Waals surface area contributed by atoms with Crippen molar-refractivity contribution in [1.82, 2.24) is 9.78 Å². The summed E-state index contributed by atoms with van der Waals surface area (Å²) in [6, 6.07) is 1.96. The summed E-state index contributed by atoms with van der Waals surface area (Å²) in [4.78, 5) is 2.11. The molecule has 0 unspecified atom stereocenters. The topological polar surface area (TPSA) is 60.2 Å². The van der Waals surface area contributed by atoms with Crippen LogP contribution in [0.2, 0.25) is 0 Å². The molecule has 0 aromatic carbocycles. The smallest absolute Gasteiger partial charge is 0.150 e. The fourth-order valence-corrected chi connectivity index (χ4v) is 2.08. The average Bonchev–Trinajstić information content (AvgIpc) is 2.90. The lowest BCUT2D eigenvalue weighted by molar-refractivity contribution is 0.562. The van der Waals surface area contributed by atoms with Gasteiger partial charge in [0.05, 0.1) is 23.9 Å². The van der Waals surface area contributed by atoms with Crippen LogP contribution < -0.4 is 10.6 Å². The summed E-state index contributed by atoms with van der Waals surface area (Å²) in [7, 11) is 2.02. The van der Waals surface area contributed by atoms with Crippen molar-refractivity contribution in [3.63, 3.8) is 0 Å². The molecule has 2 aromatic heterocycles. The van der Waals surface area contributed by atoms with E-state index in [2.05, 4.69) is 16.9 Å². The molecule has 0 aliphatic carbocycles. The highest BCUT2D eigenvalue weighted by Crippen LogP contribution is 2.27. The molecular formula is C13H20N4O. The molecule has 18 heavy (non-hydrogen) atoms. The zero-order valence-corrected chi connectivity index (χ0v) is 11.2. The Morgan fingerprint density at radius 1 is 1.50 bits per heavy atom. The van der Waals surface area contributed by atoms with Crippen LogP contribution in [0.25, 0.3) is 0 Å². The number of aryl methyl sites for hydroxylation is 2. The maximum Gasteiger partial charge on any atom is 0.150 e. The third kappa shape index (κ3) is 2.34. The van der Waals surface area contributed by atoms with Crippen LogP contribution in [0.3, 0.4) is 0 Å². The van der Waals surface area contributed by atoms with E-state index in [9.17, 15) is 0 Å². The number of anilines is 2. The van der Waals surface area contributed by atoms with E-state index in [1.165, 1.54) is 0 Å². The van der Waals surface area contributed by atoms with Gasteiger partial charge in [-0.1, -0.05) is 6.92 Å². The van der Waals surface area contributed by atoms with Crippen LogP contribution in [0.1, 0.15) is 24.6 Å². The lowest BCUT2D eigenvalue weighted by Gasteiger charge is -2.20. The van der Waals surface area contributed by atoms with Gasteiger partial charge in [-0.05, 0) is 19.4 Å². The molecule has 0 saturated carbocycles. The second kappa shape index (κ2) is 5.16. The Morgan fingerprint density at radius 3 is 2.89 bits per heavy atom. The monoisotopic (exact) mass is 248 g/mol. The van der Waals surface area contributed by atoms with Crippen molar-refractivity contribution in [2.24, 2.45) is 0 Å². The molecule has 0 aliphatic rings. The Hall–Kier alpha value is -1.91. The summed E-state index contributed by atoms with van der Waals surface area (Å²) in [6.07, 6.45) is 4.47. The van der Waals surface area contributed by atoms with Crippen LogP contribution >= 0.6 is 0 Å². The molecule has 2 aromatic rings. The summed E-state index contributed by atoms with van der Waals surface area (Å²) in [6.45, 7) is 5.71. The molecule has 5 nitrogen and oxygen atoms in total. The average molecular weight is 248 g/mol. The normalized spacial score (nSPS) is 10.8. The van der Waals surface area contributed by atoms with Gasteiger partial charge < -0.3 is 15.1 Å². The zero-order valence-electron chi connectivity index (χ0n) is 11.2. The number of nitrogens with zero attached hydrogens (tertiary/aromatic N) is 3. The second-order valence-electron chi connectivity index (χ2n) is 4.53. The van der Waals surface area contributed by atoms with Gasteiger partial charge in [0.15, 0.2) is 5.82 Å². The van der Waals surface area contributed by atoms with Crippen molar-refractivity contribution in [3.8, 4) is 0 Å². The van der Waals surface area contributed by atoms with Gasteiger partial charge in [-0.2, -0.15) is 5.10 Å². The number of aromatic nitrogens is 2. The third-order valence-electron chi connectivity index (χ3n) is 2.94. The summed E-state index contributed by atoms with van der Waals surface area (Å²) >= 11 is 0. The van der Waals surface area contributed by atoms with E-state index >= 15 is 0 Å². The lowest BCUT2D eigenvalue weighted by atomic mass is 10.3. The molecule has 2 N–H and O–H groups in total. The molecule has 0 spiro atoms. The summed E-state index contributed by atoms with van der Waals surface area (Å²) in [5.41, 5.74) is 8.88. The van der Waals surface area contributed by atoms with Crippen molar-refractivity contribution in [2.45, 2.75) is 33.4 Å². The molecule has 0 amide bonds. The van der Waals surface area contributed by atoms with Crippen LogP contribution in [-0.2, 0) is 13.1 Å². The Morgan fingerprint density at radius 2 is 2.28 bits per heavy atom. The first-order valence-electron chi connectivity index (χ1n) is 6.18.